The van der Waals surface area contributed by atoms with Crippen molar-refractivity contribution >= 4 is 0 Å². The summed E-state index contributed by atoms with van der Waals surface area (Å²) in [7, 11) is 4.83. The van der Waals surface area contributed by atoms with E-state index in [1.807, 2.05) is 12.1 Å². The van der Waals surface area contributed by atoms with Crippen LogP contribution < -0.4 is 35.4 Å². The van der Waals surface area contributed by atoms with E-state index in [1.54, 1.807) is 33.5 Å². The van der Waals surface area contributed by atoms with E-state index in [0.29, 0.717) is 5.75 Å². The Morgan fingerprint density at radius 3 is 1.85 bits per heavy atom. The maximum atomic E-state index is 13.0. The molecule has 2 aromatic carbocycles. The van der Waals surface area contributed by atoms with Gasteiger partial charge >= 0.3 is 21.2 Å². The zero-order valence-electron chi connectivity index (χ0n) is 11.4. The van der Waals surface area contributed by atoms with E-state index in [0.717, 1.165) is 18.6 Å². The lowest BCUT2D eigenvalue weighted by Gasteiger charge is -2.08. The smallest absolute Gasteiger partial charge is 0.366 e. The van der Waals surface area contributed by atoms with Gasteiger partial charge in [-0.1, -0.05) is 0 Å². The van der Waals surface area contributed by atoms with E-state index in [-0.39, 0.29) is 5.82 Å². The Balaban J connectivity index is 2.41. The summed E-state index contributed by atoms with van der Waals surface area (Å²) in [5, 5.41) is 0. The van der Waals surface area contributed by atoms with Crippen molar-refractivity contribution in [1.29, 1.82) is 0 Å². The predicted molar refractivity (Wildman–Crippen MR) is 69.9 cm³/mol. The van der Waals surface area contributed by atoms with Crippen LogP contribution in [0, 0.1) is 13.0 Å². The van der Waals surface area contributed by atoms with Crippen molar-refractivity contribution in [3.8, 4) is 17.2 Å². The van der Waals surface area contributed by atoms with Crippen LogP contribution in [0.3, 0.4) is 0 Å². The van der Waals surface area contributed by atoms with Crippen LogP contribution in [0.4, 0.5) is 4.39 Å². The Morgan fingerprint density at radius 2 is 1.40 bits per heavy atom. The van der Waals surface area contributed by atoms with Crippen LogP contribution >= 0.6 is 0 Å². The highest BCUT2D eigenvalue weighted by molar-refractivity contribution is 5.41. The van der Waals surface area contributed by atoms with E-state index in [1.165, 1.54) is 12.1 Å². The summed E-state index contributed by atoms with van der Waals surface area (Å²) >= 11 is -0.531. The first-order chi connectivity index (χ1) is 9.67. The Morgan fingerprint density at radius 1 is 0.850 bits per heavy atom. The molecule has 0 amide bonds. The number of methoxy groups -OCH3 is 3. The van der Waals surface area contributed by atoms with E-state index in [2.05, 4.69) is 0 Å². The molecule has 0 heterocycles. The third-order valence-corrected chi connectivity index (χ3v) is 5.61. The second-order valence-corrected chi connectivity index (χ2v) is 6.74. The monoisotopic (exact) mass is 389 g/mol. The molecule has 5 heteroatoms. The van der Waals surface area contributed by atoms with Crippen LogP contribution in [-0.2, 0) is 0 Å². The van der Waals surface area contributed by atoms with E-state index in [9.17, 15) is 4.39 Å². The molecule has 2 aromatic rings. The van der Waals surface area contributed by atoms with Gasteiger partial charge in [0, 0.05) is 12.1 Å². The molecule has 0 atom stereocenters. The van der Waals surface area contributed by atoms with Crippen LogP contribution in [0.1, 0.15) is 0 Å². The van der Waals surface area contributed by atoms with E-state index < -0.39 is 21.2 Å². The lowest BCUT2D eigenvalue weighted by molar-refractivity contribution is -0.598. The van der Waals surface area contributed by atoms with Gasteiger partial charge in [-0.15, -0.1) is 0 Å². The molecule has 2 rings (SSSR count). The van der Waals surface area contributed by atoms with Crippen molar-refractivity contribution in [2.24, 2.45) is 0 Å². The van der Waals surface area contributed by atoms with E-state index in [4.69, 9.17) is 14.2 Å². The minimum Gasteiger partial charge on any atom is -0.496 e. The molecule has 20 heavy (non-hydrogen) atoms. The number of benzene rings is 2. The van der Waals surface area contributed by atoms with Crippen molar-refractivity contribution in [2.45, 2.75) is 0 Å². The summed E-state index contributed by atoms with van der Waals surface area (Å²) < 4.78 is 31.1. The van der Waals surface area contributed by atoms with Gasteiger partial charge in [-0.3, -0.25) is 0 Å². The topological polar surface area (TPSA) is 27.7 Å². The maximum Gasteiger partial charge on any atom is 0.366 e. The molecular formula is C15H15FIO3+. The largest absolute Gasteiger partial charge is 0.496 e. The van der Waals surface area contributed by atoms with Gasteiger partial charge in [-0.25, -0.2) is 4.39 Å². The van der Waals surface area contributed by atoms with Crippen LogP contribution in [0.25, 0.3) is 0 Å². The summed E-state index contributed by atoms with van der Waals surface area (Å²) in [5.41, 5.74) is 0. The molecule has 0 saturated heterocycles. The first-order valence-electron chi connectivity index (χ1n) is 5.88. The van der Waals surface area contributed by atoms with Gasteiger partial charge in [0.05, 0.1) is 21.3 Å². The summed E-state index contributed by atoms with van der Waals surface area (Å²) in [4.78, 5) is 0. The molecule has 0 saturated carbocycles. The van der Waals surface area contributed by atoms with Gasteiger partial charge in [0.15, 0.2) is 15.1 Å². The third-order valence-electron chi connectivity index (χ3n) is 2.66. The molecule has 0 aliphatic rings. The lowest BCUT2D eigenvalue weighted by atomic mass is 10.3. The molecule has 0 N–H and O–H groups in total. The Hall–Kier alpha value is -1.50. The number of rotatable bonds is 5. The number of hydrogen-bond donors (Lipinski definition) is 0. The van der Waals surface area contributed by atoms with Crippen molar-refractivity contribution in [2.75, 3.05) is 21.3 Å². The molecule has 0 bridgehead atoms. The minimum absolute atomic E-state index is 0.230. The SMILES string of the molecule is COc1cc(OC)c([I+]c2ccc(F)cc2)c(OC)c1. The zero-order valence-corrected chi connectivity index (χ0v) is 13.6. The molecule has 0 fully saturated rings. The van der Waals surface area contributed by atoms with Gasteiger partial charge in [0.25, 0.3) is 3.57 Å². The second kappa shape index (κ2) is 6.78. The highest BCUT2D eigenvalue weighted by Gasteiger charge is 2.27. The second-order valence-electron chi connectivity index (χ2n) is 3.88. The molecule has 0 aromatic heterocycles. The Kier molecular flexibility index (Phi) is 5.05. The highest BCUT2D eigenvalue weighted by Crippen LogP contribution is 2.27. The number of hydrogen-bond acceptors (Lipinski definition) is 3. The van der Waals surface area contributed by atoms with Gasteiger partial charge in [0.1, 0.15) is 11.6 Å². The quantitative estimate of drug-likeness (QED) is 0.673. The molecule has 0 aliphatic heterocycles. The fraction of sp³-hybridized carbons (Fsp3) is 0.200. The molecular weight excluding hydrogens is 374 g/mol. The Bertz CT molecular complexity index is 559. The van der Waals surface area contributed by atoms with Crippen molar-refractivity contribution < 1.29 is 39.8 Å². The molecule has 106 valence electrons. The Labute approximate surface area is 127 Å². The molecule has 0 radical (unpaired) electrons. The first-order valence-corrected chi connectivity index (χ1v) is 8.04. The van der Waals surface area contributed by atoms with Crippen LogP contribution in [-0.4, -0.2) is 21.3 Å². The predicted octanol–water partition coefficient (Wildman–Crippen LogP) is -0.0201. The number of halogens is 2. The van der Waals surface area contributed by atoms with Gasteiger partial charge < -0.3 is 14.2 Å². The molecule has 0 unspecified atom stereocenters. The zero-order chi connectivity index (χ0) is 14.5. The van der Waals surface area contributed by atoms with Crippen molar-refractivity contribution in [3.63, 3.8) is 0 Å². The van der Waals surface area contributed by atoms with Crippen LogP contribution in [0.15, 0.2) is 36.4 Å². The summed E-state index contributed by atoms with van der Waals surface area (Å²) in [6.45, 7) is 0. The van der Waals surface area contributed by atoms with Crippen molar-refractivity contribution in [1.82, 2.24) is 0 Å². The normalized spacial score (nSPS) is 10.2. The summed E-state index contributed by atoms with van der Waals surface area (Å²) in [6.07, 6.45) is 0. The average molecular weight is 389 g/mol. The fourth-order valence-electron chi connectivity index (χ4n) is 1.66. The van der Waals surface area contributed by atoms with Gasteiger partial charge in [-0.05, 0) is 24.3 Å². The van der Waals surface area contributed by atoms with Crippen LogP contribution in [0.5, 0.6) is 17.2 Å². The number of ether oxygens (including phenoxy) is 3. The molecule has 3 nitrogen and oxygen atoms in total. The van der Waals surface area contributed by atoms with Crippen molar-refractivity contribution in [3.05, 3.63) is 49.4 Å². The van der Waals surface area contributed by atoms with Gasteiger partial charge in [-0.2, -0.15) is 0 Å². The minimum atomic E-state index is -0.531. The molecule has 0 aliphatic carbocycles. The van der Waals surface area contributed by atoms with Crippen LogP contribution in [0.2, 0.25) is 0 Å². The van der Waals surface area contributed by atoms with E-state index >= 15 is 0 Å². The van der Waals surface area contributed by atoms with Gasteiger partial charge in [0.2, 0.25) is 0 Å². The maximum absolute atomic E-state index is 13.0. The summed E-state index contributed by atoms with van der Waals surface area (Å²) in [5.74, 6) is 1.92. The standard InChI is InChI=1S/C15H15FIO3/c1-18-12-8-13(19-2)15(14(9-12)20-3)17-11-6-4-10(16)5-7-11/h4-9H,1-3H3/q+1. The average Bonchev–Trinajstić information content (AvgIpc) is 2.49. The summed E-state index contributed by atoms with van der Waals surface area (Å²) in [6, 6.07) is 10.2. The molecule has 0 spiro atoms. The highest BCUT2D eigenvalue weighted by atomic mass is 127. The lowest BCUT2D eigenvalue weighted by Crippen LogP contribution is -3.61. The first kappa shape index (κ1) is 14.9. The fourth-order valence-corrected chi connectivity index (χ4v) is 4.28. The third kappa shape index (κ3) is 3.33.